The van der Waals surface area contributed by atoms with Crippen LogP contribution in [0.25, 0.3) is 0 Å². The Morgan fingerprint density at radius 1 is 1.21 bits per heavy atom. The van der Waals surface area contributed by atoms with Crippen LogP contribution in [0.3, 0.4) is 0 Å². The van der Waals surface area contributed by atoms with Crippen LogP contribution < -0.4 is 5.32 Å². The zero-order valence-electron chi connectivity index (χ0n) is 15.3. The summed E-state index contributed by atoms with van der Waals surface area (Å²) in [6, 6.07) is 0.292. The molecular formula is C17H31N3O4. The van der Waals surface area contributed by atoms with Gasteiger partial charge in [-0.05, 0) is 53.0 Å². The number of likely N-dealkylation sites (tertiary alicyclic amines) is 2. The van der Waals surface area contributed by atoms with E-state index in [0.29, 0.717) is 32.1 Å². The van der Waals surface area contributed by atoms with E-state index in [1.165, 1.54) is 0 Å². The number of nitrogens with zero attached hydrogens (tertiary/aromatic N) is 2. The molecule has 0 aromatic carbocycles. The largest absolute Gasteiger partial charge is 0.444 e. The van der Waals surface area contributed by atoms with E-state index in [1.54, 1.807) is 11.9 Å². The van der Waals surface area contributed by atoms with Gasteiger partial charge in [-0.2, -0.15) is 0 Å². The Labute approximate surface area is 144 Å². The molecule has 2 heterocycles. The lowest BCUT2D eigenvalue weighted by Gasteiger charge is -2.44. The van der Waals surface area contributed by atoms with Gasteiger partial charge in [-0.25, -0.2) is 4.79 Å². The number of amides is 2. The molecule has 2 aliphatic rings. The molecule has 2 amide bonds. The maximum atomic E-state index is 12.1. The van der Waals surface area contributed by atoms with Gasteiger partial charge in [0.05, 0.1) is 0 Å². The van der Waals surface area contributed by atoms with Crippen molar-refractivity contribution in [1.29, 1.82) is 0 Å². The third-order valence-electron chi connectivity index (χ3n) is 4.78. The van der Waals surface area contributed by atoms with Gasteiger partial charge in [-0.1, -0.05) is 0 Å². The average molecular weight is 341 g/mol. The van der Waals surface area contributed by atoms with Crippen LogP contribution in [0.2, 0.25) is 0 Å². The van der Waals surface area contributed by atoms with Crippen molar-refractivity contribution in [3.63, 3.8) is 0 Å². The molecule has 2 aliphatic heterocycles. The van der Waals surface area contributed by atoms with Crippen molar-refractivity contribution in [2.24, 2.45) is 0 Å². The third-order valence-corrected chi connectivity index (χ3v) is 4.78. The van der Waals surface area contributed by atoms with Gasteiger partial charge in [0, 0.05) is 32.7 Å². The Bertz CT molecular complexity index is 469. The smallest absolute Gasteiger partial charge is 0.410 e. The Kier molecular flexibility index (Phi) is 5.75. The molecule has 24 heavy (non-hydrogen) atoms. The first-order valence-electron chi connectivity index (χ1n) is 8.81. The van der Waals surface area contributed by atoms with Gasteiger partial charge in [0.1, 0.15) is 5.60 Å². The van der Waals surface area contributed by atoms with Gasteiger partial charge < -0.3 is 20.1 Å². The first kappa shape index (κ1) is 19.0. The third kappa shape index (κ3) is 4.60. The Hall–Kier alpha value is -1.34. The molecule has 7 heteroatoms. The second kappa shape index (κ2) is 7.27. The molecule has 1 unspecified atom stereocenters. The van der Waals surface area contributed by atoms with Crippen LogP contribution in [0.5, 0.6) is 0 Å². The molecule has 0 spiro atoms. The summed E-state index contributed by atoms with van der Waals surface area (Å²) in [4.78, 5) is 28.0. The van der Waals surface area contributed by atoms with E-state index in [9.17, 15) is 14.7 Å². The highest BCUT2D eigenvalue weighted by Crippen LogP contribution is 2.27. The minimum absolute atomic E-state index is 0.263. The van der Waals surface area contributed by atoms with Gasteiger partial charge in [0.25, 0.3) is 5.91 Å². The van der Waals surface area contributed by atoms with Gasteiger partial charge in [-0.15, -0.1) is 0 Å². The number of aliphatic hydroxyl groups is 1. The molecule has 0 aromatic rings. The highest BCUT2D eigenvalue weighted by Gasteiger charge is 2.42. The molecule has 1 atom stereocenters. The van der Waals surface area contributed by atoms with Crippen LogP contribution in [0.1, 0.15) is 46.5 Å². The highest BCUT2D eigenvalue weighted by atomic mass is 16.6. The molecule has 7 nitrogen and oxygen atoms in total. The molecule has 2 rings (SSSR count). The zero-order chi connectivity index (χ0) is 18.0. The summed E-state index contributed by atoms with van der Waals surface area (Å²) >= 11 is 0. The summed E-state index contributed by atoms with van der Waals surface area (Å²) in [7, 11) is 1.55. The number of rotatable bonds is 2. The lowest BCUT2D eigenvalue weighted by Crippen LogP contribution is -2.59. The Morgan fingerprint density at radius 3 is 2.38 bits per heavy atom. The highest BCUT2D eigenvalue weighted by molar-refractivity contribution is 5.85. The van der Waals surface area contributed by atoms with E-state index in [2.05, 4.69) is 10.2 Å². The van der Waals surface area contributed by atoms with Crippen LogP contribution in [-0.4, -0.2) is 77.4 Å². The summed E-state index contributed by atoms with van der Waals surface area (Å²) in [6.07, 6.45) is 2.71. The fraction of sp³-hybridized carbons (Fsp3) is 0.882. The molecule has 0 saturated carbocycles. The van der Waals surface area contributed by atoms with Crippen LogP contribution in [0, 0.1) is 0 Å². The maximum Gasteiger partial charge on any atom is 0.410 e. The van der Waals surface area contributed by atoms with Crippen molar-refractivity contribution in [1.82, 2.24) is 15.1 Å². The number of hydrogen-bond acceptors (Lipinski definition) is 5. The monoisotopic (exact) mass is 341 g/mol. The number of hydrogen-bond donors (Lipinski definition) is 2. The number of likely N-dealkylation sites (N-methyl/N-ethyl adjacent to an activating group) is 1. The van der Waals surface area contributed by atoms with Crippen molar-refractivity contribution in [2.75, 3.05) is 33.2 Å². The molecule has 2 N–H and O–H groups in total. The van der Waals surface area contributed by atoms with Gasteiger partial charge >= 0.3 is 6.09 Å². The van der Waals surface area contributed by atoms with Crippen molar-refractivity contribution < 1.29 is 19.4 Å². The van der Waals surface area contributed by atoms with Gasteiger partial charge in [0.2, 0.25) is 0 Å². The van der Waals surface area contributed by atoms with E-state index in [4.69, 9.17) is 4.74 Å². The van der Waals surface area contributed by atoms with Crippen LogP contribution in [0.4, 0.5) is 4.79 Å². The summed E-state index contributed by atoms with van der Waals surface area (Å²) in [5.74, 6) is -0.307. The first-order chi connectivity index (χ1) is 11.1. The number of carbonyl (C=O) groups is 2. The summed E-state index contributed by atoms with van der Waals surface area (Å²) < 4.78 is 5.42. The lowest BCUT2D eigenvalue weighted by atomic mass is 9.89. The predicted molar refractivity (Wildman–Crippen MR) is 90.7 cm³/mol. The fourth-order valence-corrected chi connectivity index (χ4v) is 3.54. The minimum atomic E-state index is -1.30. The summed E-state index contributed by atoms with van der Waals surface area (Å²) in [5, 5.41) is 13.1. The van der Waals surface area contributed by atoms with E-state index in [0.717, 1.165) is 25.8 Å². The summed E-state index contributed by atoms with van der Waals surface area (Å²) in [5.41, 5.74) is -1.78. The predicted octanol–water partition coefficient (Wildman–Crippen LogP) is 0.959. The lowest BCUT2D eigenvalue weighted by molar-refractivity contribution is -0.146. The number of piperidine rings is 2. The second-order valence-corrected chi connectivity index (χ2v) is 7.88. The van der Waals surface area contributed by atoms with Crippen molar-refractivity contribution in [2.45, 2.75) is 63.7 Å². The topological polar surface area (TPSA) is 82.1 Å². The van der Waals surface area contributed by atoms with Crippen molar-refractivity contribution in [3.8, 4) is 0 Å². The Balaban J connectivity index is 1.88. The van der Waals surface area contributed by atoms with Crippen LogP contribution in [-0.2, 0) is 9.53 Å². The number of β-amino-alcohol motifs (C(OH)–C–C–N with tert-alkyl or cyclic N) is 1. The van der Waals surface area contributed by atoms with Gasteiger partial charge in [0.15, 0.2) is 5.60 Å². The number of ether oxygens (including phenoxy) is 1. The van der Waals surface area contributed by atoms with Crippen molar-refractivity contribution in [3.05, 3.63) is 0 Å². The number of carbonyl (C=O) groups excluding carboxylic acids is 2. The summed E-state index contributed by atoms with van der Waals surface area (Å²) in [6.45, 7) is 8.14. The SMILES string of the molecule is CNC(=O)C1(O)CCCN(C2CCN(C(=O)OC(C)(C)C)CC2)C1. The van der Waals surface area contributed by atoms with Gasteiger partial charge in [-0.3, -0.25) is 9.69 Å². The molecule has 0 bridgehead atoms. The first-order valence-corrected chi connectivity index (χ1v) is 8.81. The molecular weight excluding hydrogens is 310 g/mol. The van der Waals surface area contributed by atoms with E-state index in [1.807, 2.05) is 20.8 Å². The normalized spacial score (nSPS) is 27.0. The Morgan fingerprint density at radius 2 is 1.83 bits per heavy atom. The molecule has 0 aromatic heterocycles. The zero-order valence-corrected chi connectivity index (χ0v) is 15.3. The minimum Gasteiger partial charge on any atom is -0.444 e. The van der Waals surface area contributed by atoms with E-state index in [-0.39, 0.29) is 12.0 Å². The fourth-order valence-electron chi connectivity index (χ4n) is 3.54. The van der Waals surface area contributed by atoms with E-state index < -0.39 is 11.2 Å². The second-order valence-electron chi connectivity index (χ2n) is 7.88. The van der Waals surface area contributed by atoms with E-state index >= 15 is 0 Å². The van der Waals surface area contributed by atoms with Crippen molar-refractivity contribution >= 4 is 12.0 Å². The van der Waals surface area contributed by atoms with Crippen LogP contribution >= 0.6 is 0 Å². The molecule has 138 valence electrons. The standard InChI is InChI=1S/C17H31N3O4/c1-16(2,3)24-15(22)19-10-6-13(7-11-19)20-9-5-8-17(23,12-20)14(21)18-4/h13,23H,5-12H2,1-4H3,(H,18,21). The molecule has 2 fully saturated rings. The maximum absolute atomic E-state index is 12.1. The molecule has 2 saturated heterocycles. The molecule has 0 aliphatic carbocycles. The molecule has 0 radical (unpaired) electrons. The van der Waals surface area contributed by atoms with Crippen LogP contribution in [0.15, 0.2) is 0 Å². The quantitative estimate of drug-likeness (QED) is 0.782. The number of nitrogens with one attached hydrogen (secondary N) is 1. The average Bonchev–Trinajstić information content (AvgIpc) is 2.52.